The second-order valence-electron chi connectivity index (χ2n) is 9.31. The molecule has 0 aliphatic heterocycles. The number of allylic oxidation sites excluding steroid dienone is 2. The first kappa shape index (κ1) is 29.6. The lowest BCUT2D eigenvalue weighted by Gasteiger charge is -2.35. The Bertz CT molecular complexity index is 1810. The lowest BCUT2D eigenvalue weighted by Crippen LogP contribution is -2.52. The molecule has 1 aliphatic rings. The molecule has 2 unspecified atom stereocenters. The number of hydrogen-bond donors (Lipinski definition) is 1. The molecular formula is C29H20F7N3O4. The molecule has 2 aromatic carbocycles. The fourth-order valence-electron chi connectivity index (χ4n) is 4.72. The summed E-state index contributed by atoms with van der Waals surface area (Å²) in [6, 6.07) is 16.6. The van der Waals surface area contributed by atoms with Crippen LogP contribution in [0.4, 0.5) is 30.7 Å². The number of methoxy groups -OCH3 is 1. The molecule has 43 heavy (non-hydrogen) atoms. The number of benzene rings is 2. The number of carbonyl (C=O) groups excluding carboxylic acids is 1. The quantitative estimate of drug-likeness (QED) is 0.262. The normalized spacial score (nSPS) is 19.2. The van der Waals surface area contributed by atoms with Crippen LogP contribution in [-0.4, -0.2) is 40.6 Å². The minimum absolute atomic E-state index is 0.116. The molecule has 0 saturated carbocycles. The van der Waals surface area contributed by atoms with E-state index in [1.54, 1.807) is 24.3 Å². The Morgan fingerprint density at radius 3 is 2.26 bits per heavy atom. The number of ether oxygens (including phenoxy) is 2. The van der Waals surface area contributed by atoms with Crippen LogP contribution in [0, 0.1) is 0 Å². The van der Waals surface area contributed by atoms with Crippen molar-refractivity contribution in [3.05, 3.63) is 123 Å². The molecule has 2 heterocycles. The lowest BCUT2D eigenvalue weighted by molar-refractivity contribution is -0.390. The summed E-state index contributed by atoms with van der Waals surface area (Å²) in [7, 11) is 1.46. The van der Waals surface area contributed by atoms with Crippen LogP contribution in [0.15, 0.2) is 101 Å². The summed E-state index contributed by atoms with van der Waals surface area (Å²) in [6.45, 7) is -0.118. The molecule has 0 bridgehead atoms. The van der Waals surface area contributed by atoms with Gasteiger partial charge in [0.25, 0.3) is 17.3 Å². The number of pyridine rings is 1. The standard InChI is InChI=1S/C29H20F7N3O4/c1-42-18-12-10-16(11-13-18)15-39-27(41)21(19-9-5-6-14-38(19)39)26(40)37-25-23(31)22(30)20(17-7-3-2-4-8-17)24(32)28(25,33)43-29(34,35)36/h2-14,24H,15H2,1H3,(H,37,40). The summed E-state index contributed by atoms with van der Waals surface area (Å²) in [5.74, 6) is -10.3. The van der Waals surface area contributed by atoms with Crippen molar-refractivity contribution >= 4 is 17.0 Å². The van der Waals surface area contributed by atoms with Crippen molar-refractivity contribution in [3.8, 4) is 5.75 Å². The number of halogens is 7. The third kappa shape index (κ3) is 5.41. The molecular weight excluding hydrogens is 587 g/mol. The largest absolute Gasteiger partial charge is 0.525 e. The van der Waals surface area contributed by atoms with Crippen molar-refractivity contribution in [1.82, 2.24) is 14.5 Å². The van der Waals surface area contributed by atoms with Crippen LogP contribution in [0.2, 0.25) is 0 Å². The van der Waals surface area contributed by atoms with Crippen LogP contribution in [0.3, 0.4) is 0 Å². The van der Waals surface area contributed by atoms with Crippen molar-refractivity contribution in [3.63, 3.8) is 0 Å². The van der Waals surface area contributed by atoms with E-state index in [1.165, 1.54) is 59.5 Å². The van der Waals surface area contributed by atoms with E-state index in [0.29, 0.717) is 11.3 Å². The molecule has 0 saturated heterocycles. The van der Waals surface area contributed by atoms with Crippen LogP contribution < -0.4 is 15.6 Å². The van der Waals surface area contributed by atoms with Gasteiger partial charge in [0.15, 0.2) is 17.8 Å². The summed E-state index contributed by atoms with van der Waals surface area (Å²) in [5, 5.41) is 1.46. The number of alkyl halides is 5. The average molecular weight is 607 g/mol. The smallest absolute Gasteiger partial charge is 0.497 e. The predicted molar refractivity (Wildman–Crippen MR) is 140 cm³/mol. The van der Waals surface area contributed by atoms with E-state index in [9.17, 15) is 22.8 Å². The van der Waals surface area contributed by atoms with Gasteiger partial charge in [-0.2, -0.15) is 0 Å². The maximum Gasteiger partial charge on any atom is 0.525 e. The van der Waals surface area contributed by atoms with Crippen LogP contribution in [0.25, 0.3) is 11.1 Å². The number of hydrogen-bond acceptors (Lipinski definition) is 4. The molecule has 1 amide bonds. The second kappa shape index (κ2) is 11.1. The Morgan fingerprint density at radius 2 is 1.63 bits per heavy atom. The molecule has 1 aliphatic carbocycles. The lowest BCUT2D eigenvalue weighted by atomic mass is 9.88. The van der Waals surface area contributed by atoms with E-state index < -0.39 is 63.9 Å². The molecule has 0 spiro atoms. The fourth-order valence-corrected chi connectivity index (χ4v) is 4.72. The van der Waals surface area contributed by atoms with Gasteiger partial charge in [-0.15, -0.1) is 13.2 Å². The van der Waals surface area contributed by atoms with Gasteiger partial charge in [0, 0.05) is 11.8 Å². The molecule has 14 heteroatoms. The monoisotopic (exact) mass is 607 g/mol. The highest BCUT2D eigenvalue weighted by Gasteiger charge is 2.59. The van der Waals surface area contributed by atoms with Gasteiger partial charge >= 0.3 is 6.36 Å². The molecule has 224 valence electrons. The second-order valence-corrected chi connectivity index (χ2v) is 9.31. The molecule has 2 aromatic heterocycles. The molecule has 0 fully saturated rings. The Labute approximate surface area is 238 Å². The molecule has 1 N–H and O–H groups in total. The van der Waals surface area contributed by atoms with Crippen molar-refractivity contribution in [2.24, 2.45) is 0 Å². The average Bonchev–Trinajstić information content (AvgIpc) is 3.25. The minimum Gasteiger partial charge on any atom is -0.497 e. The van der Waals surface area contributed by atoms with Gasteiger partial charge in [-0.1, -0.05) is 48.5 Å². The molecule has 0 radical (unpaired) electrons. The Morgan fingerprint density at radius 1 is 0.977 bits per heavy atom. The van der Waals surface area contributed by atoms with Crippen LogP contribution in [0.1, 0.15) is 21.5 Å². The first-order chi connectivity index (χ1) is 20.4. The zero-order valence-electron chi connectivity index (χ0n) is 22.0. The van der Waals surface area contributed by atoms with Gasteiger partial charge in [0.1, 0.15) is 17.0 Å². The molecule has 5 rings (SSSR count). The summed E-state index contributed by atoms with van der Waals surface area (Å²) >= 11 is 0. The molecule has 7 nitrogen and oxygen atoms in total. The third-order valence-electron chi connectivity index (χ3n) is 6.68. The van der Waals surface area contributed by atoms with Crippen molar-refractivity contribution in [2.45, 2.75) is 24.9 Å². The summed E-state index contributed by atoms with van der Waals surface area (Å²) < 4.78 is 113. The highest BCUT2D eigenvalue weighted by Crippen LogP contribution is 2.48. The van der Waals surface area contributed by atoms with Crippen molar-refractivity contribution in [2.75, 3.05) is 7.11 Å². The molecule has 4 aromatic rings. The number of carbonyl (C=O) groups is 1. The zero-order valence-corrected chi connectivity index (χ0v) is 22.0. The maximum atomic E-state index is 16.0. The third-order valence-corrected chi connectivity index (χ3v) is 6.68. The van der Waals surface area contributed by atoms with Gasteiger partial charge in [-0.25, -0.2) is 27.0 Å². The highest BCUT2D eigenvalue weighted by molar-refractivity contribution is 6.01. The van der Waals surface area contributed by atoms with Crippen LogP contribution >= 0.6 is 0 Å². The van der Waals surface area contributed by atoms with Crippen LogP contribution in [0.5, 0.6) is 5.75 Å². The first-order valence-corrected chi connectivity index (χ1v) is 12.5. The van der Waals surface area contributed by atoms with E-state index in [1.807, 2.05) is 0 Å². The van der Waals surface area contributed by atoms with Crippen molar-refractivity contribution in [1.29, 1.82) is 0 Å². The van der Waals surface area contributed by atoms with E-state index in [0.717, 1.165) is 16.8 Å². The minimum atomic E-state index is -5.90. The van der Waals surface area contributed by atoms with E-state index in [2.05, 4.69) is 4.74 Å². The first-order valence-electron chi connectivity index (χ1n) is 12.5. The number of amides is 1. The summed E-state index contributed by atoms with van der Waals surface area (Å²) in [6.07, 6.45) is -8.11. The number of nitrogens with one attached hydrogen (secondary N) is 1. The van der Waals surface area contributed by atoms with E-state index >= 15 is 17.6 Å². The van der Waals surface area contributed by atoms with Gasteiger partial charge < -0.3 is 10.1 Å². The molecule has 2 atom stereocenters. The van der Waals surface area contributed by atoms with E-state index in [4.69, 9.17) is 4.74 Å². The summed E-state index contributed by atoms with van der Waals surface area (Å²) in [5.41, 5.74) is -5.33. The Hall–Kier alpha value is -4.85. The zero-order chi connectivity index (χ0) is 31.1. The number of aromatic nitrogens is 2. The van der Waals surface area contributed by atoms with E-state index in [-0.39, 0.29) is 12.1 Å². The van der Waals surface area contributed by atoms with Gasteiger partial charge in [-0.05, 0) is 35.4 Å². The van der Waals surface area contributed by atoms with Gasteiger partial charge in [-0.3, -0.25) is 14.1 Å². The van der Waals surface area contributed by atoms with Gasteiger partial charge in [0.2, 0.25) is 0 Å². The maximum absolute atomic E-state index is 16.0. The van der Waals surface area contributed by atoms with Gasteiger partial charge in [0.05, 0.1) is 19.2 Å². The van der Waals surface area contributed by atoms with Crippen LogP contribution in [-0.2, 0) is 11.3 Å². The number of nitrogens with zero attached hydrogens (tertiary/aromatic N) is 2. The number of rotatable bonds is 7. The fraction of sp³-hybridized carbons (Fsp3) is 0.172. The SMILES string of the molecule is COc1ccc(Cn2c(=O)c(C(=O)NC3=C(F)C(F)=C(c4ccccc4)C(F)C3(F)OC(F)(F)F)c3ccccn32)cc1. The topological polar surface area (TPSA) is 74.0 Å². The summed E-state index contributed by atoms with van der Waals surface area (Å²) in [4.78, 5) is 26.8. The highest BCUT2D eigenvalue weighted by atomic mass is 19.4. The van der Waals surface area contributed by atoms with Crippen molar-refractivity contribution < 1.29 is 45.0 Å². The predicted octanol–water partition coefficient (Wildman–Crippen LogP) is 6.00. The Kier molecular flexibility index (Phi) is 7.65. The number of fused-ring (bicyclic) bond motifs is 1. The Balaban J connectivity index is 1.61.